The van der Waals surface area contributed by atoms with Gasteiger partial charge in [-0.2, -0.15) is 5.10 Å². The van der Waals surface area contributed by atoms with Gasteiger partial charge in [0.05, 0.1) is 16.9 Å². The zero-order valence-corrected chi connectivity index (χ0v) is 11.0. The second kappa shape index (κ2) is 4.32. The number of nitrogens with zero attached hydrogens (tertiary/aromatic N) is 1. The van der Waals surface area contributed by atoms with E-state index >= 15 is 0 Å². The molecule has 0 unspecified atom stereocenters. The molecule has 0 radical (unpaired) electrons. The van der Waals surface area contributed by atoms with Crippen LogP contribution in [-0.2, 0) is 10.0 Å². The minimum atomic E-state index is -3.73. The van der Waals surface area contributed by atoms with Crippen molar-refractivity contribution in [2.45, 2.75) is 4.90 Å². The lowest BCUT2D eigenvalue weighted by Crippen LogP contribution is -2.12. The molecule has 1 aromatic carbocycles. The first-order chi connectivity index (χ1) is 9.06. The molecule has 2 N–H and O–H groups in total. The number of halogens is 1. The Bertz CT molecular complexity index is 715. The molecule has 0 fully saturated rings. The Morgan fingerprint density at radius 1 is 1.32 bits per heavy atom. The van der Waals surface area contributed by atoms with E-state index in [0.29, 0.717) is 11.5 Å². The van der Waals surface area contributed by atoms with Crippen LogP contribution >= 0.6 is 11.6 Å². The van der Waals surface area contributed by atoms with Crippen molar-refractivity contribution in [3.05, 3.63) is 29.5 Å². The van der Waals surface area contributed by atoms with Gasteiger partial charge in [-0.1, -0.05) is 11.6 Å². The largest absolute Gasteiger partial charge is 0.454 e. The second-order valence-electron chi connectivity index (χ2n) is 3.72. The Kier molecular flexibility index (Phi) is 2.76. The second-order valence-corrected chi connectivity index (χ2v) is 5.81. The number of fused-ring (bicyclic) bond motifs is 1. The maximum atomic E-state index is 12.0. The summed E-state index contributed by atoms with van der Waals surface area (Å²) in [5.41, 5.74) is 0.215. The third-order valence-corrected chi connectivity index (χ3v) is 4.14. The van der Waals surface area contributed by atoms with Crippen LogP contribution in [0.1, 0.15) is 0 Å². The Morgan fingerprint density at radius 3 is 2.74 bits per heavy atom. The Morgan fingerprint density at radius 2 is 2.05 bits per heavy atom. The summed E-state index contributed by atoms with van der Waals surface area (Å²) in [7, 11) is -3.73. The number of H-pyrrole nitrogens is 1. The fraction of sp³-hybridized carbons (Fsp3) is 0.100. The first kappa shape index (κ1) is 12.1. The standard InChI is InChI=1S/C10H8ClN3O4S/c11-7-1-9-10(18-5-17-9)2-8(7)14-19(15,16)6-3-12-13-4-6/h1-4,14H,5H2,(H,12,13). The Labute approximate surface area is 113 Å². The normalized spacial score (nSPS) is 13.5. The van der Waals surface area contributed by atoms with E-state index < -0.39 is 10.0 Å². The lowest BCUT2D eigenvalue weighted by molar-refractivity contribution is 0.174. The van der Waals surface area contributed by atoms with Crippen molar-refractivity contribution in [2.24, 2.45) is 0 Å². The van der Waals surface area contributed by atoms with Gasteiger partial charge in [-0.25, -0.2) is 8.42 Å². The summed E-state index contributed by atoms with van der Waals surface area (Å²) in [4.78, 5) is 0.0150. The summed E-state index contributed by atoms with van der Waals surface area (Å²) in [6, 6.07) is 2.97. The van der Waals surface area contributed by atoms with E-state index in [4.69, 9.17) is 21.1 Å². The van der Waals surface area contributed by atoms with E-state index in [2.05, 4.69) is 14.9 Å². The summed E-state index contributed by atoms with van der Waals surface area (Å²) in [6.07, 6.45) is 2.46. The molecule has 2 heterocycles. The van der Waals surface area contributed by atoms with E-state index in [1.54, 1.807) is 0 Å². The fourth-order valence-electron chi connectivity index (χ4n) is 1.59. The molecular formula is C10H8ClN3O4S. The highest BCUT2D eigenvalue weighted by atomic mass is 35.5. The van der Waals surface area contributed by atoms with Crippen LogP contribution in [0.25, 0.3) is 0 Å². The molecule has 0 saturated carbocycles. The number of sulfonamides is 1. The summed E-state index contributed by atoms with van der Waals surface area (Å²) in [5, 5.41) is 6.24. The topological polar surface area (TPSA) is 93.3 Å². The number of aromatic nitrogens is 2. The molecular weight excluding hydrogens is 294 g/mol. The SMILES string of the molecule is O=S(=O)(Nc1cc2c(cc1Cl)OCO2)c1cn[nH]c1. The van der Waals surface area contributed by atoms with E-state index in [9.17, 15) is 8.42 Å². The Hall–Kier alpha value is -1.93. The molecule has 2 aromatic rings. The molecule has 0 amide bonds. The number of aromatic amines is 1. The highest BCUT2D eigenvalue weighted by Crippen LogP contribution is 2.39. The van der Waals surface area contributed by atoms with Crippen molar-refractivity contribution in [3.63, 3.8) is 0 Å². The zero-order valence-electron chi connectivity index (χ0n) is 9.38. The summed E-state index contributed by atoms with van der Waals surface area (Å²) >= 11 is 5.99. The minimum Gasteiger partial charge on any atom is -0.454 e. The van der Waals surface area contributed by atoms with Crippen LogP contribution in [0.2, 0.25) is 5.02 Å². The molecule has 0 bridgehead atoms. The van der Waals surface area contributed by atoms with Gasteiger partial charge in [0, 0.05) is 18.3 Å². The van der Waals surface area contributed by atoms with Gasteiger partial charge in [0.15, 0.2) is 11.5 Å². The van der Waals surface area contributed by atoms with Crippen LogP contribution in [0, 0.1) is 0 Å². The number of hydrogen-bond donors (Lipinski definition) is 2. The molecule has 3 rings (SSSR count). The molecule has 19 heavy (non-hydrogen) atoms. The molecule has 0 spiro atoms. The Balaban J connectivity index is 1.96. The minimum absolute atomic E-state index is 0.0150. The number of ether oxygens (including phenoxy) is 2. The number of anilines is 1. The molecule has 1 aliphatic rings. The van der Waals surface area contributed by atoms with E-state index in [0.717, 1.165) is 0 Å². The van der Waals surface area contributed by atoms with Crippen molar-refractivity contribution in [3.8, 4) is 11.5 Å². The molecule has 100 valence electrons. The summed E-state index contributed by atoms with van der Waals surface area (Å²) in [6.45, 7) is 0.0869. The molecule has 1 aromatic heterocycles. The van der Waals surface area contributed by atoms with Crippen LogP contribution in [-0.4, -0.2) is 25.4 Å². The lowest BCUT2D eigenvalue weighted by atomic mass is 10.3. The van der Waals surface area contributed by atoms with Crippen LogP contribution in [0.3, 0.4) is 0 Å². The van der Waals surface area contributed by atoms with Crippen molar-refractivity contribution in [1.82, 2.24) is 10.2 Å². The predicted octanol–water partition coefficient (Wildman–Crippen LogP) is 1.59. The smallest absolute Gasteiger partial charge is 0.265 e. The summed E-state index contributed by atoms with van der Waals surface area (Å²) in [5.74, 6) is 0.922. The maximum absolute atomic E-state index is 12.0. The molecule has 0 saturated heterocycles. The molecule has 9 heteroatoms. The zero-order chi connectivity index (χ0) is 13.5. The van der Waals surface area contributed by atoms with Gasteiger partial charge in [0.1, 0.15) is 4.90 Å². The van der Waals surface area contributed by atoms with E-state index in [1.165, 1.54) is 24.5 Å². The number of nitrogens with one attached hydrogen (secondary N) is 2. The highest BCUT2D eigenvalue weighted by Gasteiger charge is 2.21. The predicted molar refractivity (Wildman–Crippen MR) is 67.0 cm³/mol. The monoisotopic (exact) mass is 301 g/mol. The van der Waals surface area contributed by atoms with Crippen LogP contribution in [0.5, 0.6) is 11.5 Å². The van der Waals surface area contributed by atoms with Crippen LogP contribution in [0.4, 0.5) is 5.69 Å². The first-order valence-electron chi connectivity index (χ1n) is 5.17. The molecule has 0 atom stereocenters. The first-order valence-corrected chi connectivity index (χ1v) is 7.03. The lowest BCUT2D eigenvalue weighted by Gasteiger charge is -2.09. The summed E-state index contributed by atoms with van der Waals surface area (Å²) < 4.78 is 36.7. The highest BCUT2D eigenvalue weighted by molar-refractivity contribution is 7.92. The van der Waals surface area contributed by atoms with Crippen LogP contribution < -0.4 is 14.2 Å². The van der Waals surface area contributed by atoms with Gasteiger partial charge in [0.25, 0.3) is 10.0 Å². The number of benzene rings is 1. The van der Waals surface area contributed by atoms with Gasteiger partial charge in [-0.3, -0.25) is 9.82 Å². The third kappa shape index (κ3) is 2.20. The van der Waals surface area contributed by atoms with Gasteiger partial charge >= 0.3 is 0 Å². The van der Waals surface area contributed by atoms with Crippen molar-refractivity contribution in [2.75, 3.05) is 11.5 Å². The molecule has 0 aliphatic carbocycles. The average Bonchev–Trinajstić information content (AvgIpc) is 2.98. The van der Waals surface area contributed by atoms with Gasteiger partial charge in [0.2, 0.25) is 6.79 Å². The number of rotatable bonds is 3. The van der Waals surface area contributed by atoms with Crippen LogP contribution in [0.15, 0.2) is 29.4 Å². The maximum Gasteiger partial charge on any atom is 0.265 e. The van der Waals surface area contributed by atoms with Crippen molar-refractivity contribution >= 4 is 27.3 Å². The van der Waals surface area contributed by atoms with E-state index in [-0.39, 0.29) is 22.4 Å². The van der Waals surface area contributed by atoms with E-state index in [1.807, 2.05) is 0 Å². The fourth-order valence-corrected chi connectivity index (χ4v) is 2.82. The quantitative estimate of drug-likeness (QED) is 0.898. The number of hydrogen-bond acceptors (Lipinski definition) is 5. The molecule has 1 aliphatic heterocycles. The van der Waals surface area contributed by atoms with Gasteiger partial charge < -0.3 is 9.47 Å². The van der Waals surface area contributed by atoms with Gasteiger partial charge in [-0.05, 0) is 0 Å². The van der Waals surface area contributed by atoms with Crippen molar-refractivity contribution < 1.29 is 17.9 Å². The molecule has 7 nitrogen and oxygen atoms in total. The van der Waals surface area contributed by atoms with Crippen molar-refractivity contribution in [1.29, 1.82) is 0 Å². The third-order valence-electron chi connectivity index (χ3n) is 2.49. The van der Waals surface area contributed by atoms with Gasteiger partial charge in [-0.15, -0.1) is 0 Å². The average molecular weight is 302 g/mol.